The number of Topliss-reactive ketones (excluding diaryl/α,β-unsaturated/α-hetero) is 1. The highest BCUT2D eigenvalue weighted by molar-refractivity contribution is 5.84. The van der Waals surface area contributed by atoms with Crippen LogP contribution in [0.2, 0.25) is 0 Å². The summed E-state index contributed by atoms with van der Waals surface area (Å²) in [5.41, 5.74) is 0.214. The number of benzene rings is 1. The molecule has 0 radical (unpaired) electrons. The normalized spacial score (nSPS) is 22.0. The molecule has 1 aromatic carbocycles. The van der Waals surface area contributed by atoms with Gasteiger partial charge in [-0.1, -0.05) is 17.3 Å². The summed E-state index contributed by atoms with van der Waals surface area (Å²) in [5, 5.41) is 24.7. The Morgan fingerprint density at radius 3 is 2.61 bits per heavy atom. The van der Waals surface area contributed by atoms with Gasteiger partial charge in [0.05, 0.1) is 6.10 Å². The molecule has 1 fully saturated rings. The van der Waals surface area contributed by atoms with E-state index in [1.807, 2.05) is 12.2 Å². The molecule has 4 atom stereocenters. The number of hydrogen-bond acceptors (Lipinski definition) is 6. The first kappa shape index (κ1) is 24.6. The Balaban J connectivity index is 1.84. The van der Waals surface area contributed by atoms with Gasteiger partial charge in [-0.2, -0.15) is 4.91 Å². The molecule has 0 aromatic heterocycles. The van der Waals surface area contributed by atoms with Crippen molar-refractivity contribution in [2.45, 2.75) is 57.1 Å². The standard InChI is InChI=1S/C22H28F2N2O5/c23-14-9-15(24)11-16(10-14)25-13-17(27)7-8-18-19(21(28)12-20(18)26-31)5-3-1-2-4-6-22(29)30/h1,3,9-11,17-20,25,27H,2,4-8,12-13H2,(H,29,30)/t17-,18-,19-,20?/m1/s1. The molecule has 0 heterocycles. The maximum Gasteiger partial charge on any atom is 0.303 e. The highest BCUT2D eigenvalue weighted by Crippen LogP contribution is 2.37. The zero-order chi connectivity index (χ0) is 22.8. The SMILES string of the molecule is O=NC1CC(=O)[C@H](CC=CCCCC(=O)O)[C@H]1CC[C@@H](O)CNc1cc(F)cc(F)c1. The van der Waals surface area contributed by atoms with Gasteiger partial charge in [0.1, 0.15) is 23.5 Å². The van der Waals surface area contributed by atoms with E-state index < -0.39 is 29.7 Å². The van der Waals surface area contributed by atoms with Crippen molar-refractivity contribution in [1.29, 1.82) is 0 Å². The molecule has 0 aliphatic heterocycles. The van der Waals surface area contributed by atoms with Crippen molar-refractivity contribution < 1.29 is 28.6 Å². The molecule has 9 heteroatoms. The topological polar surface area (TPSA) is 116 Å². The Morgan fingerprint density at radius 2 is 1.97 bits per heavy atom. The minimum Gasteiger partial charge on any atom is -0.481 e. The first-order valence-electron chi connectivity index (χ1n) is 10.4. The average Bonchev–Trinajstić information content (AvgIpc) is 3.01. The zero-order valence-electron chi connectivity index (χ0n) is 17.2. The van der Waals surface area contributed by atoms with Gasteiger partial charge in [-0.15, -0.1) is 0 Å². The summed E-state index contributed by atoms with van der Waals surface area (Å²) >= 11 is 0. The van der Waals surface area contributed by atoms with Crippen LogP contribution in [-0.2, 0) is 9.59 Å². The van der Waals surface area contributed by atoms with Crippen LogP contribution in [0.5, 0.6) is 0 Å². The molecule has 7 nitrogen and oxygen atoms in total. The Kier molecular flexibility index (Phi) is 9.71. The fourth-order valence-corrected chi connectivity index (χ4v) is 3.94. The first-order chi connectivity index (χ1) is 14.8. The second-order valence-electron chi connectivity index (χ2n) is 7.88. The van der Waals surface area contributed by atoms with Crippen molar-refractivity contribution in [3.05, 3.63) is 46.9 Å². The number of nitrogens with zero attached hydrogens (tertiary/aromatic N) is 1. The zero-order valence-corrected chi connectivity index (χ0v) is 17.2. The van der Waals surface area contributed by atoms with Crippen LogP contribution >= 0.6 is 0 Å². The van der Waals surface area contributed by atoms with Crippen LogP contribution in [0.25, 0.3) is 0 Å². The van der Waals surface area contributed by atoms with E-state index in [1.165, 1.54) is 0 Å². The van der Waals surface area contributed by atoms with Gasteiger partial charge in [-0.3, -0.25) is 9.59 Å². The van der Waals surface area contributed by atoms with E-state index in [0.29, 0.717) is 32.1 Å². The van der Waals surface area contributed by atoms with Gasteiger partial charge in [-0.05, 0) is 50.2 Å². The lowest BCUT2D eigenvalue weighted by molar-refractivity contribution is -0.137. The first-order valence-corrected chi connectivity index (χ1v) is 10.4. The summed E-state index contributed by atoms with van der Waals surface area (Å²) < 4.78 is 26.5. The summed E-state index contributed by atoms with van der Waals surface area (Å²) in [5.74, 6) is -2.98. The van der Waals surface area contributed by atoms with Crippen LogP contribution in [0.1, 0.15) is 44.9 Å². The fourth-order valence-electron chi connectivity index (χ4n) is 3.94. The predicted octanol–water partition coefficient (Wildman–Crippen LogP) is 4.06. The number of aliphatic hydroxyl groups is 1. The molecule has 2 rings (SSSR count). The number of anilines is 1. The van der Waals surface area contributed by atoms with Crippen molar-refractivity contribution in [2.24, 2.45) is 17.0 Å². The van der Waals surface area contributed by atoms with Crippen LogP contribution in [0, 0.1) is 28.4 Å². The summed E-state index contributed by atoms with van der Waals surface area (Å²) in [4.78, 5) is 34.0. The molecule has 1 unspecified atom stereocenters. The molecule has 3 N–H and O–H groups in total. The maximum absolute atomic E-state index is 13.2. The fraction of sp³-hybridized carbons (Fsp3) is 0.545. The second-order valence-corrected chi connectivity index (χ2v) is 7.88. The Bertz CT molecular complexity index is 782. The van der Waals surface area contributed by atoms with Gasteiger partial charge in [0.15, 0.2) is 0 Å². The highest BCUT2D eigenvalue weighted by Gasteiger charge is 2.42. The number of carboxylic acid groups (broad SMARTS) is 1. The number of ketones is 1. The van der Waals surface area contributed by atoms with Crippen molar-refractivity contribution in [1.82, 2.24) is 0 Å². The third-order valence-corrected chi connectivity index (χ3v) is 5.53. The van der Waals surface area contributed by atoms with E-state index in [1.54, 1.807) is 0 Å². The number of aliphatic carboxylic acids is 1. The largest absolute Gasteiger partial charge is 0.481 e. The number of aliphatic hydroxyl groups excluding tert-OH is 1. The van der Waals surface area contributed by atoms with Gasteiger partial charge >= 0.3 is 5.97 Å². The van der Waals surface area contributed by atoms with Crippen LogP contribution in [-0.4, -0.2) is 40.7 Å². The molecule has 170 valence electrons. The number of carboxylic acids is 1. The van der Waals surface area contributed by atoms with Gasteiger partial charge in [0.2, 0.25) is 0 Å². The van der Waals surface area contributed by atoms with E-state index in [2.05, 4.69) is 10.5 Å². The van der Waals surface area contributed by atoms with Gasteiger partial charge in [0.25, 0.3) is 0 Å². The van der Waals surface area contributed by atoms with E-state index in [9.17, 15) is 28.4 Å². The monoisotopic (exact) mass is 438 g/mol. The van der Waals surface area contributed by atoms with E-state index in [4.69, 9.17) is 5.11 Å². The van der Waals surface area contributed by atoms with Crippen molar-refractivity contribution in [3.8, 4) is 0 Å². The Labute approximate surface area is 179 Å². The number of hydrogen-bond donors (Lipinski definition) is 3. The molecule has 1 saturated carbocycles. The number of allylic oxidation sites excluding steroid dienone is 2. The lowest BCUT2D eigenvalue weighted by Crippen LogP contribution is -2.24. The van der Waals surface area contributed by atoms with Gasteiger partial charge < -0.3 is 15.5 Å². The molecule has 1 aliphatic rings. The predicted molar refractivity (Wildman–Crippen MR) is 112 cm³/mol. The van der Waals surface area contributed by atoms with Gasteiger partial charge in [0, 0.05) is 37.1 Å². The molecule has 0 amide bonds. The van der Waals surface area contributed by atoms with Crippen molar-refractivity contribution >= 4 is 17.4 Å². The summed E-state index contributed by atoms with van der Waals surface area (Å²) in [7, 11) is 0. The molecular weight excluding hydrogens is 410 g/mol. The molecule has 31 heavy (non-hydrogen) atoms. The Hall–Kier alpha value is -2.68. The summed E-state index contributed by atoms with van der Waals surface area (Å²) in [6.45, 7) is 0.0664. The van der Waals surface area contributed by atoms with Crippen molar-refractivity contribution in [3.63, 3.8) is 0 Å². The maximum atomic E-state index is 13.2. The van der Waals surface area contributed by atoms with Crippen LogP contribution in [0.15, 0.2) is 35.5 Å². The third-order valence-electron chi connectivity index (χ3n) is 5.53. The molecule has 0 bridgehead atoms. The van der Waals surface area contributed by atoms with Crippen LogP contribution < -0.4 is 5.32 Å². The van der Waals surface area contributed by atoms with Crippen LogP contribution in [0.3, 0.4) is 0 Å². The number of carbonyl (C=O) groups excluding carboxylic acids is 1. The summed E-state index contributed by atoms with van der Waals surface area (Å²) in [6.07, 6.45) is 5.28. The minimum atomic E-state index is -0.852. The minimum absolute atomic E-state index is 0.0346. The number of rotatable bonds is 13. The third kappa shape index (κ3) is 8.16. The second kappa shape index (κ2) is 12.2. The molecule has 0 spiro atoms. The molecule has 1 aromatic rings. The quantitative estimate of drug-likeness (QED) is 0.243. The van der Waals surface area contributed by atoms with E-state index >= 15 is 0 Å². The molecular formula is C22H28F2N2O5. The lowest BCUT2D eigenvalue weighted by Gasteiger charge is -2.21. The summed E-state index contributed by atoms with van der Waals surface area (Å²) in [6, 6.07) is 2.37. The van der Waals surface area contributed by atoms with Crippen LogP contribution in [0.4, 0.5) is 14.5 Å². The number of halogens is 2. The van der Waals surface area contributed by atoms with E-state index in [0.717, 1.165) is 18.2 Å². The molecule has 0 saturated heterocycles. The number of nitroso groups, excluding NO2 is 1. The van der Waals surface area contributed by atoms with Crippen molar-refractivity contribution in [2.75, 3.05) is 11.9 Å². The number of nitrogens with one attached hydrogen (secondary N) is 1. The Morgan fingerprint density at radius 1 is 1.26 bits per heavy atom. The lowest BCUT2D eigenvalue weighted by atomic mass is 9.86. The van der Waals surface area contributed by atoms with Gasteiger partial charge in [-0.25, -0.2) is 8.78 Å². The number of unbranched alkanes of at least 4 members (excludes halogenated alkanes) is 1. The number of carbonyl (C=O) groups is 2. The smallest absolute Gasteiger partial charge is 0.303 e. The average molecular weight is 438 g/mol. The molecule has 1 aliphatic carbocycles. The van der Waals surface area contributed by atoms with E-state index in [-0.39, 0.29) is 42.7 Å². The highest BCUT2D eigenvalue weighted by atomic mass is 19.1.